The van der Waals surface area contributed by atoms with Crippen LogP contribution in [0, 0.1) is 24.7 Å². The molecule has 128 valence electrons. The third-order valence-corrected chi connectivity index (χ3v) is 5.78. The summed E-state index contributed by atoms with van der Waals surface area (Å²) in [5.74, 6) is 0.784. The molecule has 0 spiro atoms. The van der Waals surface area contributed by atoms with Crippen molar-refractivity contribution >= 4 is 11.8 Å². The molecule has 3 atom stereocenters. The van der Waals surface area contributed by atoms with Crippen LogP contribution in [-0.2, 0) is 4.79 Å². The van der Waals surface area contributed by atoms with Gasteiger partial charge in [0.05, 0.1) is 0 Å². The molecule has 7 nitrogen and oxygen atoms in total. The van der Waals surface area contributed by atoms with Crippen LogP contribution in [0.25, 0.3) is 0 Å². The lowest BCUT2D eigenvalue weighted by molar-refractivity contribution is -0.129. The van der Waals surface area contributed by atoms with Crippen molar-refractivity contribution in [1.29, 1.82) is 0 Å². The number of nitrogens with zero attached hydrogens (tertiary/aromatic N) is 2. The van der Waals surface area contributed by atoms with Crippen molar-refractivity contribution in [2.24, 2.45) is 17.8 Å². The minimum absolute atomic E-state index is 0.0445. The fourth-order valence-corrected chi connectivity index (χ4v) is 4.01. The molecular formula is C17H22N4O3. The zero-order chi connectivity index (χ0) is 16.8. The Labute approximate surface area is 139 Å². The van der Waals surface area contributed by atoms with E-state index in [4.69, 9.17) is 0 Å². The monoisotopic (exact) mass is 330 g/mol. The summed E-state index contributed by atoms with van der Waals surface area (Å²) in [4.78, 5) is 38.3. The fraction of sp³-hybridized carbons (Fsp3) is 0.647. The highest BCUT2D eigenvalue weighted by Crippen LogP contribution is 2.41. The van der Waals surface area contributed by atoms with Gasteiger partial charge in [-0.1, -0.05) is 6.42 Å². The molecule has 2 saturated carbocycles. The molecule has 0 bridgehead atoms. The fourth-order valence-electron chi connectivity index (χ4n) is 4.01. The van der Waals surface area contributed by atoms with Gasteiger partial charge in [0.2, 0.25) is 11.3 Å². The van der Waals surface area contributed by atoms with Gasteiger partial charge >= 0.3 is 0 Å². The van der Waals surface area contributed by atoms with E-state index >= 15 is 0 Å². The number of rotatable bonds is 3. The van der Waals surface area contributed by atoms with Crippen LogP contribution in [0.3, 0.4) is 0 Å². The van der Waals surface area contributed by atoms with E-state index in [0.29, 0.717) is 30.6 Å². The van der Waals surface area contributed by atoms with Crippen LogP contribution in [0.15, 0.2) is 10.9 Å². The number of fused-ring (bicyclic) bond motifs is 1. The molecule has 2 N–H and O–H groups in total. The second-order valence-electron chi connectivity index (χ2n) is 7.38. The first-order valence-corrected chi connectivity index (χ1v) is 8.69. The van der Waals surface area contributed by atoms with E-state index in [1.807, 2.05) is 0 Å². The molecule has 3 fully saturated rings. The average molecular weight is 330 g/mol. The topological polar surface area (TPSA) is 95.2 Å². The molecule has 0 aromatic carbocycles. The SMILES string of the molecule is Cc1cc(=O)c(C(=O)N2CC3CC(NC(=O)C4CCC4)C3C2)n[nH]1. The summed E-state index contributed by atoms with van der Waals surface area (Å²) in [6, 6.07) is 1.57. The molecule has 0 radical (unpaired) electrons. The average Bonchev–Trinajstić information content (AvgIpc) is 2.80. The number of nitrogens with one attached hydrogen (secondary N) is 2. The summed E-state index contributed by atoms with van der Waals surface area (Å²) in [6.45, 7) is 2.97. The van der Waals surface area contributed by atoms with Crippen molar-refractivity contribution in [3.8, 4) is 0 Å². The molecule has 1 aromatic rings. The predicted molar refractivity (Wildman–Crippen MR) is 86.4 cm³/mol. The van der Waals surface area contributed by atoms with E-state index in [2.05, 4.69) is 15.5 Å². The predicted octanol–water partition coefficient (Wildman–Crippen LogP) is 0.455. The van der Waals surface area contributed by atoms with Gasteiger partial charge in [-0.3, -0.25) is 19.5 Å². The largest absolute Gasteiger partial charge is 0.353 e. The highest BCUT2D eigenvalue weighted by Gasteiger charge is 2.49. The van der Waals surface area contributed by atoms with E-state index in [1.165, 1.54) is 6.07 Å². The van der Waals surface area contributed by atoms with Gasteiger partial charge in [0.15, 0.2) is 5.69 Å². The van der Waals surface area contributed by atoms with Crippen LogP contribution in [0.2, 0.25) is 0 Å². The van der Waals surface area contributed by atoms with Crippen molar-refractivity contribution in [2.75, 3.05) is 13.1 Å². The van der Waals surface area contributed by atoms with E-state index in [1.54, 1.807) is 11.8 Å². The second kappa shape index (κ2) is 5.72. The number of likely N-dealkylation sites (tertiary alicyclic amines) is 1. The maximum Gasteiger partial charge on any atom is 0.278 e. The number of aryl methyl sites for hydroxylation is 1. The molecular weight excluding hydrogens is 308 g/mol. The number of amides is 2. The highest BCUT2D eigenvalue weighted by atomic mass is 16.2. The molecule has 2 heterocycles. The van der Waals surface area contributed by atoms with Gasteiger partial charge < -0.3 is 10.2 Å². The lowest BCUT2D eigenvalue weighted by atomic mass is 9.71. The standard InChI is InChI=1S/C17H22N4O3/c1-9-5-14(22)15(20-19-9)17(24)21-7-11-6-13(12(11)8-21)18-16(23)10-3-2-4-10/h5,10-13H,2-4,6-8H2,1H3,(H,18,23)(H,19,22). The maximum absolute atomic E-state index is 12.5. The van der Waals surface area contributed by atoms with Gasteiger partial charge in [-0.15, -0.1) is 0 Å². The molecule has 3 unspecified atom stereocenters. The van der Waals surface area contributed by atoms with Crippen molar-refractivity contribution < 1.29 is 9.59 Å². The third kappa shape index (κ3) is 2.52. The first-order chi connectivity index (χ1) is 11.5. The maximum atomic E-state index is 12.5. The lowest BCUT2D eigenvalue weighted by Crippen LogP contribution is -2.53. The van der Waals surface area contributed by atoms with Gasteiger partial charge in [0.1, 0.15) is 0 Å². The van der Waals surface area contributed by atoms with Gasteiger partial charge in [0.25, 0.3) is 5.91 Å². The lowest BCUT2D eigenvalue weighted by Gasteiger charge is -2.41. The molecule has 1 aromatic heterocycles. The number of carbonyl (C=O) groups excluding carboxylic acids is 2. The number of hydrogen-bond donors (Lipinski definition) is 2. The van der Waals surface area contributed by atoms with E-state index in [-0.39, 0.29) is 34.9 Å². The summed E-state index contributed by atoms with van der Waals surface area (Å²) in [5.41, 5.74) is 0.249. The number of aromatic amines is 1. The number of carbonyl (C=O) groups is 2. The van der Waals surface area contributed by atoms with Crippen LogP contribution >= 0.6 is 0 Å². The minimum Gasteiger partial charge on any atom is -0.353 e. The summed E-state index contributed by atoms with van der Waals surface area (Å²) in [7, 11) is 0. The Hall–Kier alpha value is -2.18. The molecule has 2 aliphatic carbocycles. The quantitative estimate of drug-likeness (QED) is 0.841. The summed E-state index contributed by atoms with van der Waals surface area (Å²) >= 11 is 0. The Morgan fingerprint density at radius 1 is 1.33 bits per heavy atom. The molecule has 1 aliphatic heterocycles. The van der Waals surface area contributed by atoms with Crippen molar-refractivity contribution in [3.63, 3.8) is 0 Å². The van der Waals surface area contributed by atoms with Gasteiger partial charge in [-0.2, -0.15) is 5.10 Å². The van der Waals surface area contributed by atoms with E-state index in [9.17, 15) is 14.4 Å². The molecule has 3 aliphatic rings. The Morgan fingerprint density at radius 2 is 2.12 bits per heavy atom. The normalized spacial score (nSPS) is 28.7. The van der Waals surface area contributed by atoms with Crippen molar-refractivity contribution in [2.45, 2.75) is 38.6 Å². The molecule has 2 amide bonds. The zero-order valence-corrected chi connectivity index (χ0v) is 13.7. The van der Waals surface area contributed by atoms with Gasteiger partial charge in [-0.25, -0.2) is 0 Å². The minimum atomic E-state index is -0.342. The molecule has 7 heteroatoms. The Kier molecular flexibility index (Phi) is 3.66. The van der Waals surface area contributed by atoms with Crippen molar-refractivity contribution in [1.82, 2.24) is 20.4 Å². The highest BCUT2D eigenvalue weighted by molar-refractivity contribution is 5.92. The van der Waals surface area contributed by atoms with Crippen molar-refractivity contribution in [3.05, 3.63) is 27.7 Å². The van der Waals surface area contributed by atoms with Crippen LogP contribution < -0.4 is 10.7 Å². The first-order valence-electron chi connectivity index (χ1n) is 8.69. The summed E-state index contributed by atoms with van der Waals surface area (Å²) in [6.07, 6.45) is 4.07. The van der Waals surface area contributed by atoms with Gasteiger partial charge in [-0.05, 0) is 32.1 Å². The summed E-state index contributed by atoms with van der Waals surface area (Å²) in [5, 5.41) is 9.74. The van der Waals surface area contributed by atoms with Crippen LogP contribution in [0.4, 0.5) is 0 Å². The molecule has 1 saturated heterocycles. The van der Waals surface area contributed by atoms with Gasteiger partial charge in [0, 0.05) is 42.7 Å². The molecule has 4 rings (SSSR count). The first kappa shape index (κ1) is 15.4. The van der Waals surface area contributed by atoms with Crippen LogP contribution in [-0.4, -0.2) is 46.0 Å². The van der Waals surface area contributed by atoms with Crippen LogP contribution in [0.1, 0.15) is 41.9 Å². The number of hydrogen-bond acceptors (Lipinski definition) is 4. The number of aromatic nitrogens is 2. The van der Waals surface area contributed by atoms with E-state index < -0.39 is 0 Å². The Morgan fingerprint density at radius 3 is 2.79 bits per heavy atom. The number of H-pyrrole nitrogens is 1. The second-order valence-corrected chi connectivity index (χ2v) is 7.38. The smallest absolute Gasteiger partial charge is 0.278 e. The third-order valence-electron chi connectivity index (χ3n) is 5.78. The van der Waals surface area contributed by atoms with E-state index in [0.717, 1.165) is 25.7 Å². The zero-order valence-electron chi connectivity index (χ0n) is 13.7. The summed E-state index contributed by atoms with van der Waals surface area (Å²) < 4.78 is 0. The molecule has 24 heavy (non-hydrogen) atoms. The Bertz CT molecular complexity index is 740. The Balaban J connectivity index is 1.39. The van der Waals surface area contributed by atoms with Crippen LogP contribution in [0.5, 0.6) is 0 Å².